The lowest BCUT2D eigenvalue weighted by molar-refractivity contribution is 0.181. The lowest BCUT2D eigenvalue weighted by Crippen LogP contribution is -2.27. The average molecular weight is 389 g/mol. The minimum Gasteiger partial charge on any atom is -0.378 e. The molecule has 0 bridgehead atoms. The molecule has 0 saturated heterocycles. The van der Waals surface area contributed by atoms with Gasteiger partial charge in [-0.15, -0.1) is 10.2 Å². The molecule has 0 radical (unpaired) electrons. The second-order valence-electron chi connectivity index (χ2n) is 7.61. The van der Waals surface area contributed by atoms with Crippen LogP contribution in [0, 0.1) is 0 Å². The van der Waals surface area contributed by atoms with Gasteiger partial charge in [0.1, 0.15) is 5.52 Å². The molecule has 0 N–H and O–H groups in total. The SMILES string of the molecule is COCc1nn2c(nnc3c(=O)n(C4CCCCC4)ccc32)c1-c1ccccc1. The molecular weight excluding hydrogens is 366 g/mol. The van der Waals surface area contributed by atoms with E-state index in [2.05, 4.69) is 10.2 Å². The maximum atomic E-state index is 13.2. The van der Waals surface area contributed by atoms with E-state index < -0.39 is 0 Å². The Hall–Kier alpha value is -3.06. The Morgan fingerprint density at radius 1 is 1.07 bits per heavy atom. The van der Waals surface area contributed by atoms with Gasteiger partial charge in [0.15, 0.2) is 11.2 Å². The molecule has 0 amide bonds. The molecule has 4 aromatic rings. The van der Waals surface area contributed by atoms with E-state index in [1.54, 1.807) is 11.6 Å². The molecule has 1 fully saturated rings. The largest absolute Gasteiger partial charge is 0.378 e. The number of aromatic nitrogens is 5. The van der Waals surface area contributed by atoms with Crippen LogP contribution in [0.15, 0.2) is 47.4 Å². The van der Waals surface area contributed by atoms with Crippen molar-refractivity contribution in [2.45, 2.75) is 44.8 Å². The molecule has 1 aliphatic rings. The average Bonchev–Trinajstić information content (AvgIpc) is 3.14. The van der Waals surface area contributed by atoms with Crippen LogP contribution in [0.4, 0.5) is 0 Å². The van der Waals surface area contributed by atoms with Gasteiger partial charge in [0.05, 0.1) is 17.9 Å². The monoisotopic (exact) mass is 389 g/mol. The van der Waals surface area contributed by atoms with Gasteiger partial charge in [-0.1, -0.05) is 49.6 Å². The number of nitrogens with zero attached hydrogens (tertiary/aromatic N) is 5. The van der Waals surface area contributed by atoms with Crippen molar-refractivity contribution in [3.63, 3.8) is 0 Å². The number of hydrogen-bond donors (Lipinski definition) is 0. The Kier molecular flexibility index (Phi) is 4.60. The zero-order chi connectivity index (χ0) is 19.8. The number of pyridine rings is 1. The Morgan fingerprint density at radius 2 is 1.86 bits per heavy atom. The second kappa shape index (κ2) is 7.40. The van der Waals surface area contributed by atoms with Gasteiger partial charge in [0.25, 0.3) is 5.56 Å². The topological polar surface area (TPSA) is 74.3 Å². The summed E-state index contributed by atoms with van der Waals surface area (Å²) in [5.74, 6) is 0. The van der Waals surface area contributed by atoms with E-state index in [1.165, 1.54) is 19.3 Å². The fourth-order valence-corrected chi connectivity index (χ4v) is 4.39. The van der Waals surface area contributed by atoms with Crippen molar-refractivity contribution >= 4 is 16.7 Å². The molecule has 0 spiro atoms. The van der Waals surface area contributed by atoms with E-state index >= 15 is 0 Å². The minimum absolute atomic E-state index is 0.0890. The summed E-state index contributed by atoms with van der Waals surface area (Å²) in [6.45, 7) is 0.355. The van der Waals surface area contributed by atoms with Crippen LogP contribution in [-0.4, -0.2) is 31.5 Å². The molecule has 5 rings (SSSR count). The zero-order valence-electron chi connectivity index (χ0n) is 16.4. The Labute approximate surface area is 168 Å². The van der Waals surface area contributed by atoms with Gasteiger partial charge in [0, 0.05) is 19.3 Å². The van der Waals surface area contributed by atoms with Gasteiger partial charge in [-0.25, -0.2) is 4.52 Å². The second-order valence-corrected chi connectivity index (χ2v) is 7.61. The van der Waals surface area contributed by atoms with E-state index in [0.29, 0.717) is 23.3 Å². The molecule has 1 aromatic carbocycles. The number of methoxy groups -OCH3 is 1. The van der Waals surface area contributed by atoms with Crippen molar-refractivity contribution in [2.75, 3.05) is 7.11 Å². The van der Waals surface area contributed by atoms with E-state index in [4.69, 9.17) is 9.84 Å². The van der Waals surface area contributed by atoms with Crippen LogP contribution in [-0.2, 0) is 11.3 Å². The van der Waals surface area contributed by atoms with Gasteiger partial charge in [-0.2, -0.15) is 5.10 Å². The fraction of sp³-hybridized carbons (Fsp3) is 0.364. The molecular formula is C22H23N5O2. The summed E-state index contributed by atoms with van der Waals surface area (Å²) >= 11 is 0. The van der Waals surface area contributed by atoms with Crippen LogP contribution >= 0.6 is 0 Å². The minimum atomic E-state index is -0.0890. The highest BCUT2D eigenvalue weighted by Gasteiger charge is 2.21. The van der Waals surface area contributed by atoms with Crippen molar-refractivity contribution in [2.24, 2.45) is 0 Å². The van der Waals surface area contributed by atoms with Crippen LogP contribution in [0.2, 0.25) is 0 Å². The highest BCUT2D eigenvalue weighted by atomic mass is 16.5. The smallest absolute Gasteiger partial charge is 0.280 e. The van der Waals surface area contributed by atoms with Crippen molar-refractivity contribution in [3.8, 4) is 11.1 Å². The predicted octanol–water partition coefficient (Wildman–Crippen LogP) is 3.76. The number of hydrogen-bond acceptors (Lipinski definition) is 5. The third-order valence-electron chi connectivity index (χ3n) is 5.79. The number of fused-ring (bicyclic) bond motifs is 3. The van der Waals surface area contributed by atoms with Crippen molar-refractivity contribution in [1.82, 2.24) is 24.4 Å². The maximum Gasteiger partial charge on any atom is 0.280 e. The summed E-state index contributed by atoms with van der Waals surface area (Å²) in [7, 11) is 1.64. The first-order chi connectivity index (χ1) is 14.3. The molecule has 29 heavy (non-hydrogen) atoms. The van der Waals surface area contributed by atoms with Crippen LogP contribution in [0.1, 0.15) is 43.8 Å². The van der Waals surface area contributed by atoms with Gasteiger partial charge in [0.2, 0.25) is 0 Å². The highest BCUT2D eigenvalue weighted by molar-refractivity contribution is 5.84. The lowest BCUT2D eigenvalue weighted by Gasteiger charge is -2.23. The summed E-state index contributed by atoms with van der Waals surface area (Å²) in [4.78, 5) is 13.2. The fourth-order valence-electron chi connectivity index (χ4n) is 4.39. The summed E-state index contributed by atoms with van der Waals surface area (Å²) in [5, 5.41) is 13.5. The third-order valence-corrected chi connectivity index (χ3v) is 5.79. The van der Waals surface area contributed by atoms with Gasteiger partial charge >= 0.3 is 0 Å². The summed E-state index contributed by atoms with van der Waals surface area (Å²) in [6, 6.07) is 12.1. The highest BCUT2D eigenvalue weighted by Crippen LogP contribution is 2.30. The molecule has 7 heteroatoms. The predicted molar refractivity (Wildman–Crippen MR) is 111 cm³/mol. The van der Waals surface area contributed by atoms with E-state index in [1.807, 2.05) is 47.2 Å². The van der Waals surface area contributed by atoms with Crippen LogP contribution < -0.4 is 5.56 Å². The Morgan fingerprint density at radius 3 is 2.62 bits per heavy atom. The standard InChI is InChI=1S/C22H23N5O2/c1-29-14-17-19(15-8-4-2-5-9-15)21-24-23-20-18(27(21)25-17)12-13-26(22(20)28)16-10-6-3-7-11-16/h2,4-5,8-9,12-13,16H,3,6-7,10-11,14H2,1H3. The lowest BCUT2D eigenvalue weighted by atomic mass is 9.95. The van der Waals surface area contributed by atoms with E-state index in [-0.39, 0.29) is 11.6 Å². The van der Waals surface area contributed by atoms with Crippen molar-refractivity contribution in [3.05, 3.63) is 58.6 Å². The maximum absolute atomic E-state index is 13.2. The Bertz CT molecular complexity index is 1220. The summed E-state index contributed by atoms with van der Waals surface area (Å²) in [6.07, 6.45) is 7.55. The van der Waals surface area contributed by atoms with Crippen LogP contribution in [0.5, 0.6) is 0 Å². The molecule has 7 nitrogen and oxygen atoms in total. The van der Waals surface area contributed by atoms with Crippen molar-refractivity contribution in [1.29, 1.82) is 0 Å². The number of benzene rings is 1. The molecule has 0 aliphatic heterocycles. The molecule has 0 unspecified atom stereocenters. The summed E-state index contributed by atoms with van der Waals surface area (Å²) in [5.41, 5.74) is 4.23. The molecule has 0 atom stereocenters. The summed E-state index contributed by atoms with van der Waals surface area (Å²) < 4.78 is 8.92. The quantitative estimate of drug-likeness (QED) is 0.531. The third kappa shape index (κ3) is 3.02. The van der Waals surface area contributed by atoms with Gasteiger partial charge < -0.3 is 9.30 Å². The first-order valence-electron chi connectivity index (χ1n) is 10.1. The normalized spacial score (nSPS) is 15.3. The molecule has 3 heterocycles. The molecule has 1 saturated carbocycles. The Balaban J connectivity index is 1.73. The molecule has 3 aromatic heterocycles. The first kappa shape index (κ1) is 18.0. The van der Waals surface area contributed by atoms with Crippen LogP contribution in [0.25, 0.3) is 27.8 Å². The molecule has 148 valence electrons. The van der Waals surface area contributed by atoms with E-state index in [9.17, 15) is 4.79 Å². The van der Waals surface area contributed by atoms with Gasteiger partial charge in [-0.3, -0.25) is 4.79 Å². The van der Waals surface area contributed by atoms with Gasteiger partial charge in [-0.05, 0) is 24.5 Å². The van der Waals surface area contributed by atoms with E-state index in [0.717, 1.165) is 29.7 Å². The van der Waals surface area contributed by atoms with Crippen molar-refractivity contribution < 1.29 is 4.74 Å². The zero-order valence-corrected chi connectivity index (χ0v) is 16.4. The number of rotatable bonds is 4. The molecule has 1 aliphatic carbocycles. The number of ether oxygens (including phenoxy) is 1. The first-order valence-corrected chi connectivity index (χ1v) is 10.1. The van der Waals surface area contributed by atoms with Crippen LogP contribution in [0.3, 0.4) is 0 Å².